The lowest BCUT2D eigenvalue weighted by molar-refractivity contribution is -0.145. The highest BCUT2D eigenvalue weighted by atomic mass is 16.3. The summed E-state index contributed by atoms with van der Waals surface area (Å²) in [4.78, 5) is 23.0. The minimum atomic E-state index is -1.78. The first-order valence-corrected chi connectivity index (χ1v) is 6.76. The van der Waals surface area contributed by atoms with Gasteiger partial charge >= 0.3 is 0 Å². The first kappa shape index (κ1) is 18.3. The molecule has 114 valence electrons. The van der Waals surface area contributed by atoms with Crippen LogP contribution in [0.15, 0.2) is 24.3 Å². The van der Waals surface area contributed by atoms with E-state index >= 15 is 0 Å². The summed E-state index contributed by atoms with van der Waals surface area (Å²) in [6.45, 7) is 4.40. The second-order valence-electron chi connectivity index (χ2n) is 4.14. The van der Waals surface area contributed by atoms with E-state index in [1.807, 2.05) is 26.0 Å². The van der Waals surface area contributed by atoms with Gasteiger partial charge in [0.15, 0.2) is 12.2 Å². The molecule has 0 aromatic heterocycles. The van der Waals surface area contributed by atoms with Crippen LogP contribution in [0.1, 0.15) is 26.7 Å². The van der Waals surface area contributed by atoms with Gasteiger partial charge < -0.3 is 20.8 Å². The van der Waals surface area contributed by atoms with E-state index in [2.05, 4.69) is 10.6 Å². The molecule has 2 amide bonds. The van der Waals surface area contributed by atoms with Gasteiger partial charge in [0.2, 0.25) is 0 Å². The maximum Gasteiger partial charge on any atom is 0.252 e. The average Bonchev–Trinajstić information content (AvgIpc) is 2.46. The molecule has 6 heteroatoms. The van der Waals surface area contributed by atoms with E-state index in [0.29, 0.717) is 0 Å². The molecule has 0 aromatic carbocycles. The van der Waals surface area contributed by atoms with Crippen LogP contribution in [0.5, 0.6) is 0 Å². The van der Waals surface area contributed by atoms with E-state index in [0.717, 1.165) is 12.8 Å². The highest BCUT2D eigenvalue weighted by molar-refractivity contribution is 5.90. The summed E-state index contributed by atoms with van der Waals surface area (Å²) in [6.07, 6.45) is 5.30. The Labute approximate surface area is 119 Å². The fourth-order valence-corrected chi connectivity index (χ4v) is 1.31. The zero-order chi connectivity index (χ0) is 15.4. The van der Waals surface area contributed by atoms with Crippen molar-refractivity contribution in [2.24, 2.45) is 0 Å². The predicted octanol–water partition coefficient (Wildman–Crippen LogP) is -0.127. The monoisotopic (exact) mass is 284 g/mol. The Balaban J connectivity index is 4.13. The number of carbonyl (C=O) groups is 2. The third kappa shape index (κ3) is 7.70. The number of aliphatic hydroxyl groups excluding tert-OH is 2. The molecule has 0 rings (SSSR count). The Morgan fingerprint density at radius 1 is 0.850 bits per heavy atom. The summed E-state index contributed by atoms with van der Waals surface area (Å²) in [5.74, 6) is -1.56. The topological polar surface area (TPSA) is 98.7 Å². The predicted molar refractivity (Wildman–Crippen MR) is 76.9 cm³/mol. The normalized spacial score (nSPS) is 14.4. The number of aliphatic hydroxyl groups is 2. The van der Waals surface area contributed by atoms with E-state index in [1.165, 1.54) is 0 Å². The van der Waals surface area contributed by atoms with Crippen LogP contribution in [0.25, 0.3) is 0 Å². The Kier molecular flexibility index (Phi) is 10.3. The summed E-state index contributed by atoms with van der Waals surface area (Å²) >= 11 is 0. The van der Waals surface area contributed by atoms with E-state index in [9.17, 15) is 19.8 Å². The number of allylic oxidation sites excluding steroid dienone is 2. The third-order valence-corrected chi connectivity index (χ3v) is 2.43. The van der Waals surface area contributed by atoms with Crippen molar-refractivity contribution in [2.75, 3.05) is 13.1 Å². The number of hydrogen-bond acceptors (Lipinski definition) is 4. The van der Waals surface area contributed by atoms with Crippen LogP contribution < -0.4 is 10.6 Å². The van der Waals surface area contributed by atoms with Gasteiger partial charge in [-0.25, -0.2) is 0 Å². The second kappa shape index (κ2) is 11.2. The van der Waals surface area contributed by atoms with Gasteiger partial charge in [-0.2, -0.15) is 0 Å². The molecule has 0 unspecified atom stereocenters. The number of nitrogens with one attached hydrogen (secondary N) is 2. The van der Waals surface area contributed by atoms with E-state index in [-0.39, 0.29) is 13.1 Å². The Bertz CT molecular complexity index is 319. The van der Waals surface area contributed by atoms with Crippen molar-refractivity contribution in [1.82, 2.24) is 10.6 Å². The molecular formula is C14H24N2O4. The summed E-state index contributed by atoms with van der Waals surface area (Å²) < 4.78 is 0. The quantitative estimate of drug-likeness (QED) is 0.443. The largest absolute Gasteiger partial charge is 0.380 e. The molecule has 6 nitrogen and oxygen atoms in total. The maximum atomic E-state index is 11.5. The molecule has 0 aliphatic rings. The maximum absolute atomic E-state index is 11.5. The Hall–Kier alpha value is -1.66. The van der Waals surface area contributed by atoms with Crippen LogP contribution in [0, 0.1) is 0 Å². The molecule has 0 aliphatic heterocycles. The summed E-state index contributed by atoms with van der Waals surface area (Å²) in [6, 6.07) is 0. The van der Waals surface area contributed by atoms with Crippen LogP contribution in [-0.2, 0) is 9.59 Å². The molecule has 0 aromatic rings. The smallest absolute Gasteiger partial charge is 0.252 e. The molecule has 0 saturated heterocycles. The molecule has 0 aliphatic carbocycles. The lowest BCUT2D eigenvalue weighted by Gasteiger charge is -2.16. The lowest BCUT2D eigenvalue weighted by Crippen LogP contribution is -2.49. The second-order valence-corrected chi connectivity index (χ2v) is 4.14. The van der Waals surface area contributed by atoms with Crippen molar-refractivity contribution in [3.8, 4) is 0 Å². The SMILES string of the molecule is CC/C=C/CNC(=O)[C@H](O)[C@@H](O)C(=O)NC/C=C/CC. The van der Waals surface area contributed by atoms with Gasteiger partial charge in [0.25, 0.3) is 11.8 Å². The standard InChI is InChI=1S/C14H24N2O4/c1-3-5-7-9-15-13(19)11(17)12(18)14(20)16-10-8-6-4-2/h5-8,11-12,17-18H,3-4,9-10H2,1-2H3,(H,15,19)(H,16,20)/b7-5+,8-6+/t11-,12-/m1/s1. The number of amides is 2. The highest BCUT2D eigenvalue weighted by Crippen LogP contribution is 1.94. The summed E-state index contributed by atoms with van der Waals surface area (Å²) in [5, 5.41) is 23.9. The van der Waals surface area contributed by atoms with Crippen LogP contribution in [-0.4, -0.2) is 47.3 Å². The molecule has 20 heavy (non-hydrogen) atoms. The van der Waals surface area contributed by atoms with Gasteiger partial charge in [-0.1, -0.05) is 38.2 Å². The van der Waals surface area contributed by atoms with Gasteiger partial charge in [0.05, 0.1) is 0 Å². The lowest BCUT2D eigenvalue weighted by atomic mass is 10.1. The number of hydrogen-bond donors (Lipinski definition) is 4. The Morgan fingerprint density at radius 3 is 1.50 bits per heavy atom. The molecule has 0 heterocycles. The minimum absolute atomic E-state index is 0.247. The molecule has 4 N–H and O–H groups in total. The minimum Gasteiger partial charge on any atom is -0.380 e. The molecular weight excluding hydrogens is 260 g/mol. The van der Waals surface area contributed by atoms with Crippen LogP contribution in [0.4, 0.5) is 0 Å². The molecule has 0 fully saturated rings. The van der Waals surface area contributed by atoms with E-state index in [1.54, 1.807) is 12.2 Å². The number of carbonyl (C=O) groups excluding carboxylic acids is 2. The van der Waals surface area contributed by atoms with E-state index in [4.69, 9.17) is 0 Å². The first-order valence-electron chi connectivity index (χ1n) is 6.76. The Morgan fingerprint density at radius 2 is 1.20 bits per heavy atom. The van der Waals surface area contributed by atoms with Crippen LogP contribution in [0.2, 0.25) is 0 Å². The number of rotatable bonds is 9. The van der Waals surface area contributed by atoms with Gasteiger partial charge in [0, 0.05) is 13.1 Å². The highest BCUT2D eigenvalue weighted by Gasteiger charge is 2.29. The van der Waals surface area contributed by atoms with Crippen molar-refractivity contribution < 1.29 is 19.8 Å². The van der Waals surface area contributed by atoms with Crippen molar-refractivity contribution in [3.05, 3.63) is 24.3 Å². The molecule has 2 atom stereocenters. The van der Waals surface area contributed by atoms with Crippen molar-refractivity contribution in [3.63, 3.8) is 0 Å². The fraction of sp³-hybridized carbons (Fsp3) is 0.571. The first-order chi connectivity index (χ1) is 9.54. The van der Waals surface area contributed by atoms with Gasteiger partial charge in [-0.3, -0.25) is 9.59 Å². The third-order valence-electron chi connectivity index (χ3n) is 2.43. The molecule has 0 saturated carbocycles. The van der Waals surface area contributed by atoms with Crippen LogP contribution >= 0.6 is 0 Å². The average molecular weight is 284 g/mol. The molecule has 0 bridgehead atoms. The molecule has 0 spiro atoms. The molecule has 0 radical (unpaired) electrons. The van der Waals surface area contributed by atoms with Crippen molar-refractivity contribution in [2.45, 2.75) is 38.9 Å². The van der Waals surface area contributed by atoms with Gasteiger partial charge in [-0.15, -0.1) is 0 Å². The van der Waals surface area contributed by atoms with Crippen LogP contribution in [0.3, 0.4) is 0 Å². The zero-order valence-corrected chi connectivity index (χ0v) is 12.0. The van der Waals surface area contributed by atoms with Crippen molar-refractivity contribution >= 4 is 11.8 Å². The zero-order valence-electron chi connectivity index (χ0n) is 12.0. The van der Waals surface area contributed by atoms with Gasteiger partial charge in [-0.05, 0) is 12.8 Å². The summed E-state index contributed by atoms with van der Waals surface area (Å²) in [7, 11) is 0. The van der Waals surface area contributed by atoms with E-state index < -0.39 is 24.0 Å². The fourth-order valence-electron chi connectivity index (χ4n) is 1.31. The van der Waals surface area contributed by atoms with Crippen molar-refractivity contribution in [1.29, 1.82) is 0 Å². The van der Waals surface area contributed by atoms with Gasteiger partial charge in [0.1, 0.15) is 0 Å². The summed E-state index contributed by atoms with van der Waals surface area (Å²) in [5.41, 5.74) is 0.